The van der Waals surface area contributed by atoms with E-state index in [0.717, 1.165) is 66.2 Å². The number of methoxy groups -OCH3 is 1. The molecule has 1 aliphatic carbocycles. The van der Waals surface area contributed by atoms with Crippen LogP contribution in [-0.2, 0) is 6.54 Å². The van der Waals surface area contributed by atoms with E-state index in [0.29, 0.717) is 30.9 Å². The van der Waals surface area contributed by atoms with E-state index < -0.39 is 0 Å². The lowest BCUT2D eigenvalue weighted by Crippen LogP contribution is -3.12. The van der Waals surface area contributed by atoms with E-state index in [2.05, 4.69) is 17.1 Å². The minimum Gasteiger partial charge on any atom is -0.496 e. The third kappa shape index (κ3) is 5.40. The van der Waals surface area contributed by atoms with Gasteiger partial charge in [0.25, 0.3) is 0 Å². The molecule has 5 nitrogen and oxygen atoms in total. The highest BCUT2D eigenvalue weighted by atomic mass is 19.1. The van der Waals surface area contributed by atoms with Crippen LogP contribution in [-0.4, -0.2) is 37.1 Å². The number of carbonyl (C=O) groups excluding carboxylic acids is 1. The van der Waals surface area contributed by atoms with E-state index in [-0.39, 0.29) is 11.6 Å². The molecule has 1 aromatic heterocycles. The number of aromatic nitrogens is 1. The Morgan fingerprint density at radius 1 is 1.08 bits per heavy atom. The first-order valence-corrected chi connectivity index (χ1v) is 13.4. The highest BCUT2D eigenvalue weighted by Crippen LogP contribution is 2.41. The van der Waals surface area contributed by atoms with Crippen molar-refractivity contribution in [1.29, 1.82) is 0 Å². The molecule has 2 unspecified atom stereocenters. The lowest BCUT2D eigenvalue weighted by molar-refractivity contribution is -0.927. The summed E-state index contributed by atoms with van der Waals surface area (Å²) in [5.41, 5.74) is 4.56. The van der Waals surface area contributed by atoms with E-state index >= 15 is 0 Å². The molecule has 1 aliphatic heterocycles. The summed E-state index contributed by atoms with van der Waals surface area (Å²) in [6, 6.07) is 15.1. The zero-order valence-electron chi connectivity index (χ0n) is 21.9. The number of quaternary nitrogens is 1. The number of nitrogens with one attached hydrogen (secondary N) is 1. The van der Waals surface area contributed by atoms with Gasteiger partial charge >= 0.3 is 0 Å². The number of carbonyl (C=O) groups is 1. The topological polar surface area (TPSA) is 52.9 Å². The van der Waals surface area contributed by atoms with Crippen molar-refractivity contribution in [1.82, 2.24) is 4.98 Å². The Morgan fingerprint density at radius 3 is 2.57 bits per heavy atom. The second-order valence-electron chi connectivity index (χ2n) is 10.4. The van der Waals surface area contributed by atoms with Gasteiger partial charge in [0.1, 0.15) is 23.9 Å². The molecule has 2 heterocycles. The highest BCUT2D eigenvalue weighted by Gasteiger charge is 2.47. The van der Waals surface area contributed by atoms with Gasteiger partial charge in [-0.25, -0.2) is 4.39 Å². The van der Waals surface area contributed by atoms with Crippen molar-refractivity contribution in [3.05, 3.63) is 77.4 Å². The molecule has 0 amide bonds. The fourth-order valence-electron chi connectivity index (χ4n) is 6.43. The van der Waals surface area contributed by atoms with Crippen LogP contribution in [0.25, 0.3) is 11.1 Å². The van der Waals surface area contributed by atoms with Crippen LogP contribution in [0.15, 0.2) is 54.7 Å². The molecule has 6 heteroatoms. The third-order valence-corrected chi connectivity index (χ3v) is 8.18. The SMILES string of the molecule is CCOc1cc(C[NH+]2CC[C@H]3C(CC(=O)c4ccc(C)nc4)CC[C@H]32)cc(OC)c1-c1ccc(F)cc1. The summed E-state index contributed by atoms with van der Waals surface area (Å²) in [4.78, 5) is 18.8. The summed E-state index contributed by atoms with van der Waals surface area (Å²) in [6.45, 7) is 6.45. The van der Waals surface area contributed by atoms with Crippen LogP contribution < -0.4 is 14.4 Å². The molecule has 3 aromatic rings. The lowest BCUT2D eigenvalue weighted by Gasteiger charge is -2.23. The van der Waals surface area contributed by atoms with Crippen LogP contribution in [0.1, 0.15) is 54.2 Å². The van der Waals surface area contributed by atoms with Crippen LogP contribution in [0.5, 0.6) is 11.5 Å². The Balaban J connectivity index is 1.31. The molecule has 0 radical (unpaired) electrons. The van der Waals surface area contributed by atoms with Gasteiger partial charge in [-0.1, -0.05) is 12.1 Å². The van der Waals surface area contributed by atoms with E-state index in [9.17, 15) is 9.18 Å². The summed E-state index contributed by atoms with van der Waals surface area (Å²) >= 11 is 0. The smallest absolute Gasteiger partial charge is 0.164 e. The molecule has 1 N–H and O–H groups in total. The molecule has 194 valence electrons. The van der Waals surface area contributed by atoms with Gasteiger partial charge < -0.3 is 14.4 Å². The van der Waals surface area contributed by atoms with Gasteiger partial charge in [0.05, 0.1) is 31.9 Å². The van der Waals surface area contributed by atoms with E-state index in [4.69, 9.17) is 9.47 Å². The average molecular weight is 504 g/mol. The number of nitrogens with zero attached hydrogens (tertiary/aromatic N) is 1. The van der Waals surface area contributed by atoms with Crippen molar-refractivity contribution in [3.8, 4) is 22.6 Å². The second kappa shape index (κ2) is 11.0. The van der Waals surface area contributed by atoms with Crippen molar-refractivity contribution in [2.75, 3.05) is 20.3 Å². The standard InChI is InChI=1S/C31H35FN2O3/c1-4-37-30-16-21(15-29(36-3)31(30)22-7-10-25(32)11-8-22)19-34-14-13-26-23(9-12-27(26)34)17-28(35)24-6-5-20(2)33-18-24/h5-8,10-11,15-16,18,23,26-27H,4,9,12-14,17,19H2,1-3H3/p+1/t23?,26-,27+/m0/s1. The van der Waals surface area contributed by atoms with Gasteiger partial charge in [0, 0.05) is 41.8 Å². The molecule has 4 atom stereocenters. The Morgan fingerprint density at radius 2 is 1.86 bits per heavy atom. The fourth-order valence-corrected chi connectivity index (χ4v) is 6.43. The van der Waals surface area contributed by atoms with Gasteiger partial charge in [-0.05, 0) is 74.6 Å². The number of halogens is 1. The average Bonchev–Trinajstić information content (AvgIpc) is 3.48. The molecule has 1 saturated heterocycles. The van der Waals surface area contributed by atoms with Crippen molar-refractivity contribution < 1.29 is 23.6 Å². The molecular weight excluding hydrogens is 467 g/mol. The predicted octanol–water partition coefficient (Wildman–Crippen LogP) is 5.06. The maximum absolute atomic E-state index is 13.5. The molecule has 0 bridgehead atoms. The molecule has 2 aliphatic rings. The minimum atomic E-state index is -0.267. The summed E-state index contributed by atoms with van der Waals surface area (Å²) in [5, 5.41) is 0. The lowest BCUT2D eigenvalue weighted by atomic mass is 9.88. The number of Topliss-reactive ketones (excluding diaryl/α,β-unsaturated/α-hetero) is 1. The molecule has 5 rings (SSSR count). The molecule has 37 heavy (non-hydrogen) atoms. The number of pyridine rings is 1. The van der Waals surface area contributed by atoms with Crippen LogP contribution >= 0.6 is 0 Å². The van der Waals surface area contributed by atoms with Crippen LogP contribution in [0.3, 0.4) is 0 Å². The zero-order valence-corrected chi connectivity index (χ0v) is 21.9. The third-order valence-electron chi connectivity index (χ3n) is 8.18. The Bertz CT molecular complexity index is 1240. The monoisotopic (exact) mass is 503 g/mol. The van der Waals surface area contributed by atoms with Gasteiger partial charge in [-0.15, -0.1) is 0 Å². The molecular formula is C31H36FN2O3+. The van der Waals surface area contributed by atoms with Crippen molar-refractivity contribution in [2.45, 2.75) is 52.1 Å². The first-order chi connectivity index (χ1) is 18.0. The van der Waals surface area contributed by atoms with Crippen molar-refractivity contribution >= 4 is 5.78 Å². The number of fused-ring (bicyclic) bond motifs is 1. The zero-order chi connectivity index (χ0) is 25.9. The molecule has 0 spiro atoms. The Labute approximate surface area is 218 Å². The number of rotatable bonds is 9. The van der Waals surface area contributed by atoms with Gasteiger partial charge in [0.15, 0.2) is 5.78 Å². The number of likely N-dealkylation sites (tertiary alicyclic amines) is 1. The quantitative estimate of drug-likeness (QED) is 0.415. The van der Waals surface area contributed by atoms with E-state index in [1.807, 2.05) is 26.0 Å². The largest absolute Gasteiger partial charge is 0.496 e. The highest BCUT2D eigenvalue weighted by molar-refractivity contribution is 5.95. The number of ether oxygens (including phenoxy) is 2. The van der Waals surface area contributed by atoms with Crippen molar-refractivity contribution in [2.24, 2.45) is 11.8 Å². The van der Waals surface area contributed by atoms with Gasteiger partial charge in [-0.2, -0.15) is 0 Å². The molecule has 1 saturated carbocycles. The first-order valence-electron chi connectivity index (χ1n) is 13.4. The normalized spacial score (nSPS) is 22.6. The first kappa shape index (κ1) is 25.4. The predicted molar refractivity (Wildman–Crippen MR) is 142 cm³/mol. The molecule has 2 aromatic carbocycles. The summed E-state index contributed by atoms with van der Waals surface area (Å²) in [7, 11) is 1.67. The van der Waals surface area contributed by atoms with Gasteiger partial charge in [0.2, 0.25) is 0 Å². The van der Waals surface area contributed by atoms with Crippen molar-refractivity contribution in [3.63, 3.8) is 0 Å². The summed E-state index contributed by atoms with van der Waals surface area (Å²) in [5.74, 6) is 2.49. The number of ketones is 1. The van der Waals surface area contributed by atoms with Crippen LogP contribution in [0.4, 0.5) is 4.39 Å². The number of hydrogen-bond donors (Lipinski definition) is 1. The van der Waals surface area contributed by atoms with Crippen LogP contribution in [0.2, 0.25) is 0 Å². The number of aryl methyl sites for hydroxylation is 1. The number of hydrogen-bond acceptors (Lipinski definition) is 4. The summed E-state index contributed by atoms with van der Waals surface area (Å²) < 4.78 is 25.4. The number of benzene rings is 2. The maximum atomic E-state index is 13.5. The minimum absolute atomic E-state index is 0.217. The summed E-state index contributed by atoms with van der Waals surface area (Å²) in [6.07, 6.45) is 5.77. The molecule has 2 fully saturated rings. The Hall–Kier alpha value is -3.25. The second-order valence-corrected chi connectivity index (χ2v) is 10.4. The van der Waals surface area contributed by atoms with E-state index in [1.54, 1.807) is 30.3 Å². The van der Waals surface area contributed by atoms with Crippen LogP contribution in [0, 0.1) is 24.6 Å². The van der Waals surface area contributed by atoms with E-state index in [1.165, 1.54) is 17.7 Å². The van der Waals surface area contributed by atoms with Gasteiger partial charge in [-0.3, -0.25) is 9.78 Å². The Kier molecular flexibility index (Phi) is 7.56. The maximum Gasteiger partial charge on any atom is 0.164 e. The fraction of sp³-hybridized carbons (Fsp3) is 0.419.